The number of nitrogens with one attached hydrogen (secondary N) is 1. The van der Waals surface area contributed by atoms with Crippen molar-refractivity contribution in [1.29, 1.82) is 0 Å². The lowest BCUT2D eigenvalue weighted by molar-refractivity contribution is 0.281. The van der Waals surface area contributed by atoms with Crippen LogP contribution in [0.25, 0.3) is 0 Å². The number of halogens is 1. The van der Waals surface area contributed by atoms with Crippen LogP contribution < -0.4 is 10.9 Å². The van der Waals surface area contributed by atoms with Crippen LogP contribution in [-0.2, 0) is 13.2 Å². The van der Waals surface area contributed by atoms with E-state index >= 15 is 0 Å². The predicted octanol–water partition coefficient (Wildman–Crippen LogP) is 2.69. The SMILES string of the molecule is CC(C)n1ncc(NCc2cccc(CO)c2)c(Br)c1=O. The minimum atomic E-state index is -0.154. The van der Waals surface area contributed by atoms with Gasteiger partial charge in [-0.2, -0.15) is 5.10 Å². The minimum Gasteiger partial charge on any atom is -0.392 e. The van der Waals surface area contributed by atoms with Gasteiger partial charge in [0.2, 0.25) is 0 Å². The second-order valence-corrected chi connectivity index (χ2v) is 5.84. The molecule has 112 valence electrons. The zero-order chi connectivity index (χ0) is 15.4. The molecule has 0 amide bonds. The van der Waals surface area contributed by atoms with Gasteiger partial charge in [0.25, 0.3) is 5.56 Å². The normalized spacial score (nSPS) is 10.9. The molecule has 0 saturated heterocycles. The smallest absolute Gasteiger partial charge is 0.283 e. The topological polar surface area (TPSA) is 67.2 Å². The molecule has 0 bridgehead atoms. The number of aromatic nitrogens is 2. The van der Waals surface area contributed by atoms with E-state index < -0.39 is 0 Å². The summed E-state index contributed by atoms with van der Waals surface area (Å²) >= 11 is 3.33. The molecule has 0 aliphatic rings. The molecule has 0 aliphatic carbocycles. The second-order valence-electron chi connectivity index (χ2n) is 5.05. The van der Waals surface area contributed by atoms with Crippen molar-refractivity contribution in [2.45, 2.75) is 33.0 Å². The van der Waals surface area contributed by atoms with E-state index in [2.05, 4.69) is 26.3 Å². The van der Waals surface area contributed by atoms with Crippen molar-refractivity contribution in [1.82, 2.24) is 9.78 Å². The second kappa shape index (κ2) is 6.87. The number of aliphatic hydroxyl groups excluding tert-OH is 1. The van der Waals surface area contributed by atoms with Crippen molar-refractivity contribution >= 4 is 21.6 Å². The minimum absolute atomic E-state index is 0.0174. The maximum absolute atomic E-state index is 12.1. The number of hydrogen-bond donors (Lipinski definition) is 2. The van der Waals surface area contributed by atoms with Crippen molar-refractivity contribution < 1.29 is 5.11 Å². The van der Waals surface area contributed by atoms with Crippen LogP contribution in [0.4, 0.5) is 5.69 Å². The third-order valence-corrected chi connectivity index (χ3v) is 3.86. The summed E-state index contributed by atoms with van der Waals surface area (Å²) in [5, 5.41) is 16.5. The fourth-order valence-corrected chi connectivity index (χ4v) is 2.40. The fraction of sp³-hybridized carbons (Fsp3) is 0.333. The maximum atomic E-state index is 12.1. The zero-order valence-electron chi connectivity index (χ0n) is 12.0. The lowest BCUT2D eigenvalue weighted by Crippen LogP contribution is -2.26. The van der Waals surface area contributed by atoms with Gasteiger partial charge in [0.05, 0.1) is 24.5 Å². The van der Waals surface area contributed by atoms with Gasteiger partial charge in [-0.25, -0.2) is 4.68 Å². The van der Waals surface area contributed by atoms with E-state index in [0.29, 0.717) is 16.7 Å². The van der Waals surface area contributed by atoms with Crippen LogP contribution in [-0.4, -0.2) is 14.9 Å². The summed E-state index contributed by atoms with van der Waals surface area (Å²) < 4.78 is 1.91. The van der Waals surface area contributed by atoms with Gasteiger partial charge >= 0.3 is 0 Å². The van der Waals surface area contributed by atoms with Gasteiger partial charge in [0, 0.05) is 6.54 Å². The Hall–Kier alpha value is -1.66. The fourth-order valence-electron chi connectivity index (χ4n) is 1.97. The molecule has 0 aliphatic heterocycles. The Morgan fingerprint density at radius 3 is 2.76 bits per heavy atom. The summed E-state index contributed by atoms with van der Waals surface area (Å²) in [5.41, 5.74) is 2.40. The van der Waals surface area contributed by atoms with E-state index in [4.69, 9.17) is 5.11 Å². The molecule has 21 heavy (non-hydrogen) atoms. The summed E-state index contributed by atoms with van der Waals surface area (Å²) in [7, 11) is 0. The van der Waals surface area contributed by atoms with E-state index in [9.17, 15) is 4.79 Å². The van der Waals surface area contributed by atoms with Crippen LogP contribution in [0.3, 0.4) is 0 Å². The molecule has 1 aromatic heterocycles. The number of rotatable bonds is 5. The Morgan fingerprint density at radius 1 is 1.38 bits per heavy atom. The Bertz CT molecular complexity index is 683. The predicted molar refractivity (Wildman–Crippen MR) is 86.3 cm³/mol. The van der Waals surface area contributed by atoms with Gasteiger partial charge in [-0.1, -0.05) is 24.3 Å². The molecule has 0 unspecified atom stereocenters. The Balaban J connectivity index is 2.17. The summed E-state index contributed by atoms with van der Waals surface area (Å²) in [6, 6.07) is 7.66. The van der Waals surface area contributed by atoms with Gasteiger partial charge < -0.3 is 10.4 Å². The Kier molecular flexibility index (Phi) is 5.14. The molecule has 6 heteroatoms. The van der Waals surface area contributed by atoms with Crippen LogP contribution in [0, 0.1) is 0 Å². The highest BCUT2D eigenvalue weighted by Gasteiger charge is 2.10. The molecule has 1 heterocycles. The molecule has 5 nitrogen and oxygen atoms in total. The molecule has 1 aromatic carbocycles. The number of aliphatic hydroxyl groups is 1. The van der Waals surface area contributed by atoms with Gasteiger partial charge in [-0.15, -0.1) is 0 Å². The first-order valence-electron chi connectivity index (χ1n) is 6.72. The Labute approximate surface area is 131 Å². The molecule has 0 fully saturated rings. The molecule has 2 rings (SSSR count). The molecular weight excluding hydrogens is 334 g/mol. The molecule has 0 atom stereocenters. The average Bonchev–Trinajstić information content (AvgIpc) is 2.48. The van der Waals surface area contributed by atoms with E-state index in [-0.39, 0.29) is 18.2 Å². The molecule has 2 N–H and O–H groups in total. The number of nitrogens with zero attached hydrogens (tertiary/aromatic N) is 2. The van der Waals surface area contributed by atoms with Crippen LogP contribution in [0.15, 0.2) is 39.7 Å². The molecule has 0 radical (unpaired) electrons. The Morgan fingerprint density at radius 2 is 2.10 bits per heavy atom. The highest BCUT2D eigenvalue weighted by Crippen LogP contribution is 2.18. The summed E-state index contributed by atoms with van der Waals surface area (Å²) in [5.74, 6) is 0. The van der Waals surface area contributed by atoms with Gasteiger partial charge in [0.1, 0.15) is 4.47 Å². The number of hydrogen-bond acceptors (Lipinski definition) is 4. The van der Waals surface area contributed by atoms with Crippen molar-refractivity contribution in [2.75, 3.05) is 5.32 Å². The first kappa shape index (κ1) is 15.7. The number of anilines is 1. The molecule has 2 aromatic rings. The number of benzene rings is 1. The van der Waals surface area contributed by atoms with Gasteiger partial charge in [-0.3, -0.25) is 4.79 Å². The summed E-state index contributed by atoms with van der Waals surface area (Å²) in [4.78, 5) is 12.1. The van der Waals surface area contributed by atoms with Crippen LogP contribution >= 0.6 is 15.9 Å². The summed E-state index contributed by atoms with van der Waals surface area (Å²) in [6.45, 7) is 4.39. The van der Waals surface area contributed by atoms with Crippen molar-refractivity contribution in [2.24, 2.45) is 0 Å². The van der Waals surface area contributed by atoms with Crippen LogP contribution in [0.2, 0.25) is 0 Å². The molecule has 0 saturated carbocycles. The standard InChI is InChI=1S/C15H18BrN3O2/c1-10(2)19-15(21)14(16)13(8-18-19)17-7-11-4-3-5-12(6-11)9-20/h3-6,8,10,17,20H,7,9H2,1-2H3. The van der Waals surface area contributed by atoms with Crippen molar-refractivity contribution in [3.63, 3.8) is 0 Å². The van der Waals surface area contributed by atoms with Crippen molar-refractivity contribution in [3.05, 3.63) is 56.4 Å². The van der Waals surface area contributed by atoms with Crippen LogP contribution in [0.5, 0.6) is 0 Å². The lowest BCUT2D eigenvalue weighted by atomic mass is 10.1. The maximum Gasteiger partial charge on any atom is 0.283 e. The largest absolute Gasteiger partial charge is 0.392 e. The highest BCUT2D eigenvalue weighted by atomic mass is 79.9. The summed E-state index contributed by atoms with van der Waals surface area (Å²) in [6.07, 6.45) is 1.64. The first-order valence-corrected chi connectivity index (χ1v) is 7.52. The van der Waals surface area contributed by atoms with E-state index in [0.717, 1.165) is 11.1 Å². The van der Waals surface area contributed by atoms with Gasteiger partial charge in [-0.05, 0) is 40.9 Å². The third-order valence-electron chi connectivity index (χ3n) is 3.09. The van der Waals surface area contributed by atoms with E-state index in [1.54, 1.807) is 6.20 Å². The molecule has 0 spiro atoms. The first-order chi connectivity index (χ1) is 10.0. The zero-order valence-corrected chi connectivity index (χ0v) is 13.6. The quantitative estimate of drug-likeness (QED) is 0.868. The van der Waals surface area contributed by atoms with E-state index in [1.807, 2.05) is 38.1 Å². The van der Waals surface area contributed by atoms with Crippen molar-refractivity contribution in [3.8, 4) is 0 Å². The average molecular weight is 352 g/mol. The molecular formula is C15H18BrN3O2. The lowest BCUT2D eigenvalue weighted by Gasteiger charge is -2.12. The van der Waals surface area contributed by atoms with E-state index in [1.165, 1.54) is 4.68 Å². The highest BCUT2D eigenvalue weighted by molar-refractivity contribution is 9.10. The van der Waals surface area contributed by atoms with Gasteiger partial charge in [0.15, 0.2) is 0 Å². The van der Waals surface area contributed by atoms with Crippen LogP contribution in [0.1, 0.15) is 31.0 Å². The monoisotopic (exact) mass is 351 g/mol. The third kappa shape index (κ3) is 3.71.